The average Bonchev–Trinajstić information content (AvgIpc) is 2.42. The average molecular weight is 290 g/mol. The molecule has 0 aliphatic carbocycles. The van der Waals surface area contributed by atoms with Gasteiger partial charge in [-0.3, -0.25) is 4.90 Å². The number of carboxylic acids is 1. The minimum absolute atomic E-state index is 0.159. The maximum absolute atomic E-state index is 12.4. The third-order valence-corrected chi connectivity index (χ3v) is 3.81. The Balaban J connectivity index is 2.20. The minimum atomic E-state index is -1.00. The molecule has 1 heterocycles. The van der Waals surface area contributed by atoms with Crippen molar-refractivity contribution in [1.29, 1.82) is 0 Å². The summed E-state index contributed by atoms with van der Waals surface area (Å²) in [5, 5.41) is 11.8. The van der Waals surface area contributed by atoms with E-state index in [0.717, 1.165) is 24.1 Å². The van der Waals surface area contributed by atoms with Crippen LogP contribution in [0.25, 0.3) is 0 Å². The molecule has 0 unspecified atom stereocenters. The van der Waals surface area contributed by atoms with E-state index < -0.39 is 12.0 Å². The molecule has 1 atom stereocenters. The van der Waals surface area contributed by atoms with Crippen molar-refractivity contribution >= 4 is 17.7 Å². The molecule has 0 aromatic heterocycles. The Kier molecular flexibility index (Phi) is 4.50. The van der Waals surface area contributed by atoms with Crippen LogP contribution in [0, 0.1) is 12.8 Å². The fourth-order valence-corrected chi connectivity index (χ4v) is 2.66. The summed E-state index contributed by atoms with van der Waals surface area (Å²) in [4.78, 5) is 25.3. The van der Waals surface area contributed by atoms with Gasteiger partial charge in [-0.25, -0.2) is 9.59 Å². The van der Waals surface area contributed by atoms with E-state index in [9.17, 15) is 14.7 Å². The second kappa shape index (κ2) is 6.16. The summed E-state index contributed by atoms with van der Waals surface area (Å²) in [5.74, 6) is -1.16. The lowest BCUT2D eigenvalue weighted by atomic mass is 9.99. The third-order valence-electron chi connectivity index (χ3n) is 3.81. The highest BCUT2D eigenvalue weighted by Gasteiger charge is 2.28. The van der Waals surface area contributed by atoms with E-state index in [1.165, 1.54) is 5.56 Å². The Labute approximate surface area is 125 Å². The maximum atomic E-state index is 12.4. The van der Waals surface area contributed by atoms with Crippen LogP contribution in [-0.4, -0.2) is 29.7 Å². The second-order valence-electron chi connectivity index (χ2n) is 5.90. The van der Waals surface area contributed by atoms with Crippen molar-refractivity contribution in [3.63, 3.8) is 0 Å². The number of carbonyl (C=O) groups is 2. The standard InChI is InChI=1S/C16H22N2O3/c1-10(2)14(15(19)20)17-16(21)18-8-4-5-12-9-11(3)6-7-13(12)18/h6-7,9-10,14H,4-5,8H2,1-3H3,(H,17,21)(H,19,20)/t14-/m0/s1. The Morgan fingerprint density at radius 2 is 2.05 bits per heavy atom. The van der Waals surface area contributed by atoms with Gasteiger partial charge in [0.25, 0.3) is 0 Å². The molecular weight excluding hydrogens is 268 g/mol. The molecule has 0 saturated carbocycles. The number of amides is 2. The van der Waals surface area contributed by atoms with Crippen molar-refractivity contribution < 1.29 is 14.7 Å². The zero-order valence-electron chi connectivity index (χ0n) is 12.7. The van der Waals surface area contributed by atoms with Crippen molar-refractivity contribution in [2.24, 2.45) is 5.92 Å². The number of hydrogen-bond acceptors (Lipinski definition) is 2. The summed E-state index contributed by atoms with van der Waals surface area (Å²) < 4.78 is 0. The summed E-state index contributed by atoms with van der Waals surface area (Å²) >= 11 is 0. The predicted octanol–water partition coefficient (Wildman–Crippen LogP) is 2.57. The van der Waals surface area contributed by atoms with Gasteiger partial charge in [0.05, 0.1) is 0 Å². The van der Waals surface area contributed by atoms with Gasteiger partial charge < -0.3 is 10.4 Å². The summed E-state index contributed by atoms with van der Waals surface area (Å²) in [5.41, 5.74) is 3.20. The number of nitrogens with one attached hydrogen (secondary N) is 1. The largest absolute Gasteiger partial charge is 0.480 e. The number of fused-ring (bicyclic) bond motifs is 1. The highest BCUT2D eigenvalue weighted by atomic mass is 16.4. The lowest BCUT2D eigenvalue weighted by Gasteiger charge is -2.31. The SMILES string of the molecule is Cc1ccc2c(c1)CCCN2C(=O)N[C@H](C(=O)O)C(C)C. The Bertz CT molecular complexity index is 554. The van der Waals surface area contributed by atoms with Crippen LogP contribution in [0.3, 0.4) is 0 Å². The molecule has 1 aromatic rings. The fraction of sp³-hybridized carbons (Fsp3) is 0.500. The molecule has 5 nitrogen and oxygen atoms in total. The molecule has 2 amide bonds. The number of aliphatic carboxylic acids is 1. The number of urea groups is 1. The molecule has 1 aromatic carbocycles. The first-order valence-electron chi connectivity index (χ1n) is 7.30. The fourth-order valence-electron chi connectivity index (χ4n) is 2.66. The van der Waals surface area contributed by atoms with Crippen LogP contribution in [0.5, 0.6) is 0 Å². The van der Waals surface area contributed by atoms with Gasteiger partial charge in [-0.15, -0.1) is 0 Å². The second-order valence-corrected chi connectivity index (χ2v) is 5.90. The van der Waals surface area contributed by atoms with Gasteiger partial charge in [0.1, 0.15) is 6.04 Å². The van der Waals surface area contributed by atoms with E-state index in [1.54, 1.807) is 18.7 Å². The molecule has 0 saturated heterocycles. The molecule has 2 N–H and O–H groups in total. The Morgan fingerprint density at radius 3 is 2.67 bits per heavy atom. The van der Waals surface area contributed by atoms with E-state index in [0.29, 0.717) is 6.54 Å². The van der Waals surface area contributed by atoms with Gasteiger partial charge in [-0.2, -0.15) is 0 Å². The normalized spacial score (nSPS) is 15.5. The van der Waals surface area contributed by atoms with Crippen molar-refractivity contribution in [2.75, 3.05) is 11.4 Å². The van der Waals surface area contributed by atoms with Crippen LogP contribution in [0.1, 0.15) is 31.4 Å². The van der Waals surface area contributed by atoms with Gasteiger partial charge in [-0.05, 0) is 37.3 Å². The summed E-state index contributed by atoms with van der Waals surface area (Å²) in [7, 11) is 0. The highest BCUT2D eigenvalue weighted by molar-refractivity contribution is 5.95. The highest BCUT2D eigenvalue weighted by Crippen LogP contribution is 2.28. The van der Waals surface area contributed by atoms with Crippen LogP contribution in [0.4, 0.5) is 10.5 Å². The van der Waals surface area contributed by atoms with Gasteiger partial charge >= 0.3 is 12.0 Å². The molecule has 1 aliphatic heterocycles. The van der Waals surface area contributed by atoms with Gasteiger partial charge in [-0.1, -0.05) is 31.5 Å². The number of carbonyl (C=O) groups excluding carboxylic acids is 1. The molecule has 2 rings (SSSR count). The quantitative estimate of drug-likeness (QED) is 0.899. The number of rotatable bonds is 3. The van der Waals surface area contributed by atoms with Crippen LogP contribution < -0.4 is 10.2 Å². The van der Waals surface area contributed by atoms with E-state index in [1.807, 2.05) is 19.1 Å². The summed E-state index contributed by atoms with van der Waals surface area (Å²) in [6, 6.07) is 4.80. The van der Waals surface area contributed by atoms with E-state index in [4.69, 9.17) is 0 Å². The topological polar surface area (TPSA) is 69.6 Å². The number of nitrogens with zero attached hydrogens (tertiary/aromatic N) is 1. The number of aryl methyl sites for hydroxylation is 2. The van der Waals surface area contributed by atoms with Crippen molar-refractivity contribution in [1.82, 2.24) is 5.32 Å². The Hall–Kier alpha value is -2.04. The molecule has 1 aliphatic rings. The monoisotopic (exact) mass is 290 g/mol. The van der Waals surface area contributed by atoms with Gasteiger partial charge in [0.15, 0.2) is 0 Å². The number of benzene rings is 1. The number of carboxylic acid groups (broad SMARTS) is 1. The number of hydrogen-bond donors (Lipinski definition) is 2. The first-order chi connectivity index (χ1) is 9.90. The molecule has 5 heteroatoms. The molecule has 0 fully saturated rings. The minimum Gasteiger partial charge on any atom is -0.480 e. The lowest BCUT2D eigenvalue weighted by Crippen LogP contribution is -2.51. The molecule has 0 spiro atoms. The Morgan fingerprint density at radius 1 is 1.33 bits per heavy atom. The van der Waals surface area contributed by atoms with Crippen LogP contribution in [0.2, 0.25) is 0 Å². The first kappa shape index (κ1) is 15.4. The molecule has 0 radical (unpaired) electrons. The van der Waals surface area contributed by atoms with Crippen LogP contribution in [0.15, 0.2) is 18.2 Å². The molecule has 21 heavy (non-hydrogen) atoms. The maximum Gasteiger partial charge on any atom is 0.326 e. The smallest absolute Gasteiger partial charge is 0.326 e. The molecular formula is C16H22N2O3. The van der Waals surface area contributed by atoms with Gasteiger partial charge in [0.2, 0.25) is 0 Å². The van der Waals surface area contributed by atoms with E-state index in [-0.39, 0.29) is 11.9 Å². The third kappa shape index (κ3) is 3.35. The van der Waals surface area contributed by atoms with E-state index in [2.05, 4.69) is 11.4 Å². The van der Waals surface area contributed by atoms with Crippen molar-refractivity contribution in [3.8, 4) is 0 Å². The van der Waals surface area contributed by atoms with Gasteiger partial charge in [0, 0.05) is 12.2 Å². The predicted molar refractivity (Wildman–Crippen MR) is 81.6 cm³/mol. The zero-order valence-corrected chi connectivity index (χ0v) is 12.7. The lowest BCUT2D eigenvalue weighted by molar-refractivity contribution is -0.140. The summed E-state index contributed by atoms with van der Waals surface area (Å²) in [6.07, 6.45) is 1.84. The van der Waals surface area contributed by atoms with Crippen LogP contribution in [-0.2, 0) is 11.2 Å². The molecule has 114 valence electrons. The zero-order chi connectivity index (χ0) is 15.6. The van der Waals surface area contributed by atoms with Crippen molar-refractivity contribution in [2.45, 2.75) is 39.7 Å². The van der Waals surface area contributed by atoms with E-state index >= 15 is 0 Å². The summed E-state index contributed by atoms with van der Waals surface area (Å²) in [6.45, 7) is 6.21. The first-order valence-corrected chi connectivity index (χ1v) is 7.30. The van der Waals surface area contributed by atoms with Crippen LogP contribution >= 0.6 is 0 Å². The molecule has 0 bridgehead atoms. The van der Waals surface area contributed by atoms with Crippen molar-refractivity contribution in [3.05, 3.63) is 29.3 Å². The number of anilines is 1.